The molecule has 0 saturated heterocycles. The molecule has 6 nitrogen and oxygen atoms in total. The smallest absolute Gasteiger partial charge is 0.305 e. The lowest BCUT2D eigenvalue weighted by Gasteiger charge is -2.19. The third-order valence-electron chi connectivity index (χ3n) is 13.6. The summed E-state index contributed by atoms with van der Waals surface area (Å²) in [6.45, 7) is 4.85. The summed E-state index contributed by atoms with van der Waals surface area (Å²) in [4.78, 5) is 24.5. The molecule has 0 rings (SSSR count). The van der Waals surface area contributed by atoms with Crippen molar-refractivity contribution in [2.45, 2.75) is 328 Å². The SMILES string of the molecule is CCCCC/C=C\CCCCCCCC(=O)OCCCCCCCC/C=C\CCCCCC(=O)NC(CO)C(O)/C=C/CCCCCCCCCCCCCCCCCCCCCCCCC. The van der Waals surface area contributed by atoms with Crippen molar-refractivity contribution in [3.63, 3.8) is 0 Å². The van der Waals surface area contributed by atoms with Gasteiger partial charge >= 0.3 is 5.97 Å². The second-order valence-corrected chi connectivity index (χ2v) is 20.3. The molecule has 67 heavy (non-hydrogen) atoms. The Kier molecular flexibility index (Phi) is 55.0. The van der Waals surface area contributed by atoms with E-state index >= 15 is 0 Å². The largest absolute Gasteiger partial charge is 0.466 e. The van der Waals surface area contributed by atoms with Gasteiger partial charge in [0, 0.05) is 12.8 Å². The average molecular weight is 943 g/mol. The van der Waals surface area contributed by atoms with E-state index in [9.17, 15) is 19.8 Å². The van der Waals surface area contributed by atoms with Crippen molar-refractivity contribution in [2.24, 2.45) is 0 Å². The van der Waals surface area contributed by atoms with Crippen molar-refractivity contribution in [3.05, 3.63) is 36.5 Å². The Balaban J connectivity index is 3.53. The number of aliphatic hydroxyl groups excluding tert-OH is 2. The minimum atomic E-state index is -0.863. The first kappa shape index (κ1) is 65.1. The van der Waals surface area contributed by atoms with Crippen LogP contribution in [0.1, 0.15) is 316 Å². The third kappa shape index (κ3) is 53.3. The van der Waals surface area contributed by atoms with Crippen LogP contribution in [-0.4, -0.2) is 47.4 Å². The quantitative estimate of drug-likeness (QED) is 0.0321. The van der Waals surface area contributed by atoms with E-state index in [-0.39, 0.29) is 18.5 Å². The number of rotatable bonds is 55. The highest BCUT2D eigenvalue weighted by molar-refractivity contribution is 5.76. The zero-order valence-electron chi connectivity index (χ0n) is 44.9. The van der Waals surface area contributed by atoms with Crippen LogP contribution >= 0.6 is 0 Å². The number of ether oxygens (including phenoxy) is 1. The van der Waals surface area contributed by atoms with Crippen molar-refractivity contribution < 1.29 is 24.5 Å². The lowest BCUT2D eigenvalue weighted by molar-refractivity contribution is -0.143. The molecule has 0 aromatic heterocycles. The molecular formula is C61H115NO5. The topological polar surface area (TPSA) is 95.9 Å². The molecule has 0 fully saturated rings. The molecule has 0 saturated carbocycles. The third-order valence-corrected chi connectivity index (χ3v) is 13.6. The molecule has 0 radical (unpaired) electrons. The molecule has 2 unspecified atom stereocenters. The summed E-state index contributed by atoms with van der Waals surface area (Å²) in [7, 11) is 0. The minimum absolute atomic E-state index is 0.0239. The molecule has 6 heteroatoms. The fourth-order valence-electron chi connectivity index (χ4n) is 9.03. The molecule has 3 N–H and O–H groups in total. The van der Waals surface area contributed by atoms with Crippen LogP contribution in [0.5, 0.6) is 0 Å². The number of hydrogen-bond acceptors (Lipinski definition) is 5. The average Bonchev–Trinajstić information content (AvgIpc) is 3.33. The molecule has 2 atom stereocenters. The Labute approximate surface area is 417 Å². The summed E-state index contributed by atoms with van der Waals surface area (Å²) in [6, 6.07) is -0.650. The monoisotopic (exact) mass is 942 g/mol. The zero-order valence-corrected chi connectivity index (χ0v) is 44.9. The summed E-state index contributed by atoms with van der Waals surface area (Å²) in [6.07, 6.45) is 70.3. The van der Waals surface area contributed by atoms with E-state index in [4.69, 9.17) is 4.74 Å². The second-order valence-electron chi connectivity index (χ2n) is 20.3. The van der Waals surface area contributed by atoms with E-state index in [0.29, 0.717) is 19.4 Å². The van der Waals surface area contributed by atoms with Crippen LogP contribution in [0.4, 0.5) is 0 Å². The molecule has 0 aromatic carbocycles. The van der Waals surface area contributed by atoms with Crippen molar-refractivity contribution >= 4 is 11.9 Å². The number of allylic oxidation sites excluding steroid dienone is 5. The molecule has 0 aromatic rings. The predicted octanol–water partition coefficient (Wildman–Crippen LogP) is 18.4. The fraction of sp³-hybridized carbons (Fsp3) is 0.869. The second kappa shape index (κ2) is 56.7. The molecule has 394 valence electrons. The van der Waals surface area contributed by atoms with Crippen LogP contribution in [0, 0.1) is 0 Å². The van der Waals surface area contributed by atoms with Crippen LogP contribution in [-0.2, 0) is 14.3 Å². The number of amides is 1. The van der Waals surface area contributed by atoms with Crippen LogP contribution in [0.25, 0.3) is 0 Å². The van der Waals surface area contributed by atoms with Gasteiger partial charge < -0.3 is 20.3 Å². The summed E-state index contributed by atoms with van der Waals surface area (Å²) < 4.78 is 5.44. The van der Waals surface area contributed by atoms with Gasteiger partial charge in [-0.25, -0.2) is 0 Å². The van der Waals surface area contributed by atoms with Gasteiger partial charge in [-0.05, 0) is 83.5 Å². The van der Waals surface area contributed by atoms with Crippen molar-refractivity contribution in [1.82, 2.24) is 5.32 Å². The Morgan fingerprint density at radius 3 is 1.10 bits per heavy atom. The standard InChI is InChI=1S/C61H115NO5/c1-3-5-7-9-11-13-15-17-18-19-20-21-22-23-24-25-26-27-28-30-33-37-41-45-49-53-59(64)58(57-63)62-60(65)54-50-46-42-38-34-31-29-32-36-40-44-48-52-56-67-61(66)55-51-47-43-39-35-16-14-12-10-8-6-4-2/h12,14,31,34,49,53,58-59,63-64H,3-11,13,15-30,32-33,35-48,50-52,54-57H2,1-2H3,(H,62,65)/b14-12-,34-31-,53-49+. The van der Waals surface area contributed by atoms with Crippen molar-refractivity contribution in [1.29, 1.82) is 0 Å². The lowest BCUT2D eigenvalue weighted by atomic mass is 10.0. The first-order valence-corrected chi connectivity index (χ1v) is 29.8. The number of hydrogen-bond donors (Lipinski definition) is 3. The van der Waals surface area contributed by atoms with Gasteiger partial charge in [0.1, 0.15) is 0 Å². The Bertz CT molecular complexity index is 1090. The van der Waals surface area contributed by atoms with Gasteiger partial charge in [0.15, 0.2) is 0 Å². The first-order valence-electron chi connectivity index (χ1n) is 29.8. The number of nitrogens with one attached hydrogen (secondary N) is 1. The summed E-state index contributed by atoms with van der Waals surface area (Å²) >= 11 is 0. The van der Waals surface area contributed by atoms with E-state index in [2.05, 4.69) is 43.5 Å². The molecule has 0 aliphatic rings. The van der Waals surface area contributed by atoms with Crippen molar-refractivity contribution in [2.75, 3.05) is 13.2 Å². The van der Waals surface area contributed by atoms with Crippen LogP contribution in [0.2, 0.25) is 0 Å². The Hall–Kier alpha value is -1.92. The highest BCUT2D eigenvalue weighted by Gasteiger charge is 2.18. The van der Waals surface area contributed by atoms with Gasteiger partial charge in [-0.2, -0.15) is 0 Å². The normalized spacial score (nSPS) is 12.8. The van der Waals surface area contributed by atoms with E-state index in [0.717, 1.165) is 70.6 Å². The van der Waals surface area contributed by atoms with Gasteiger partial charge in [-0.15, -0.1) is 0 Å². The van der Waals surface area contributed by atoms with E-state index in [1.54, 1.807) is 6.08 Å². The minimum Gasteiger partial charge on any atom is -0.466 e. The maximum Gasteiger partial charge on any atom is 0.305 e. The highest BCUT2D eigenvalue weighted by Crippen LogP contribution is 2.17. The maximum atomic E-state index is 12.5. The molecule has 0 aliphatic heterocycles. The van der Waals surface area contributed by atoms with Gasteiger partial charge in [0.2, 0.25) is 5.91 Å². The molecule has 0 heterocycles. The van der Waals surface area contributed by atoms with Crippen LogP contribution in [0.3, 0.4) is 0 Å². The number of unbranched alkanes of at least 4 members (excludes halogenated alkanes) is 40. The highest BCUT2D eigenvalue weighted by atomic mass is 16.5. The van der Waals surface area contributed by atoms with Gasteiger partial charge in [-0.1, -0.05) is 256 Å². The maximum absolute atomic E-state index is 12.5. The summed E-state index contributed by atoms with van der Waals surface area (Å²) in [5.74, 6) is -0.120. The predicted molar refractivity (Wildman–Crippen MR) is 292 cm³/mol. The summed E-state index contributed by atoms with van der Waals surface area (Å²) in [5.41, 5.74) is 0. The zero-order chi connectivity index (χ0) is 48.6. The van der Waals surface area contributed by atoms with Gasteiger partial charge in [0.05, 0.1) is 25.4 Å². The van der Waals surface area contributed by atoms with Gasteiger partial charge in [-0.3, -0.25) is 9.59 Å². The first-order chi connectivity index (χ1) is 33.0. The number of aliphatic hydroxyl groups is 2. The lowest BCUT2D eigenvalue weighted by Crippen LogP contribution is -2.45. The van der Waals surface area contributed by atoms with E-state index in [1.165, 1.54) is 218 Å². The van der Waals surface area contributed by atoms with E-state index < -0.39 is 12.1 Å². The summed E-state index contributed by atoms with van der Waals surface area (Å²) in [5, 5.41) is 23.2. The Morgan fingerprint density at radius 1 is 0.403 bits per heavy atom. The van der Waals surface area contributed by atoms with Crippen LogP contribution < -0.4 is 5.32 Å². The van der Waals surface area contributed by atoms with Gasteiger partial charge in [0.25, 0.3) is 0 Å². The number of carbonyl (C=O) groups is 2. The molecule has 0 bridgehead atoms. The molecule has 0 aliphatic carbocycles. The Morgan fingerprint density at radius 2 is 0.701 bits per heavy atom. The fourth-order valence-corrected chi connectivity index (χ4v) is 9.03. The molecular weight excluding hydrogens is 827 g/mol. The van der Waals surface area contributed by atoms with Crippen LogP contribution in [0.15, 0.2) is 36.5 Å². The number of carbonyl (C=O) groups excluding carboxylic acids is 2. The van der Waals surface area contributed by atoms with E-state index in [1.807, 2.05) is 6.08 Å². The molecule has 1 amide bonds. The molecule has 0 spiro atoms. The van der Waals surface area contributed by atoms with Crippen molar-refractivity contribution in [3.8, 4) is 0 Å². The number of esters is 1.